The maximum Gasteiger partial charge on any atom is -0.00688 e. The summed E-state index contributed by atoms with van der Waals surface area (Å²) in [4.78, 5) is 0. The zero-order valence-electron chi connectivity index (χ0n) is 8.38. The topological polar surface area (TPSA) is 26.0 Å². The average molecular weight is 195 g/mol. The molecule has 1 aromatic carbocycles. The van der Waals surface area contributed by atoms with E-state index in [1.807, 2.05) is 0 Å². The summed E-state index contributed by atoms with van der Waals surface area (Å²) in [5.41, 5.74) is 5.57. The number of rotatable bonds is 4. The molecular weight excluding hydrogens is 177 g/mol. The maximum absolute atomic E-state index is 5.57. The molecule has 1 rings (SSSR count). The van der Waals surface area contributed by atoms with E-state index in [1.54, 1.807) is 0 Å². The van der Waals surface area contributed by atoms with Gasteiger partial charge in [0.25, 0.3) is 0 Å². The predicted molar refractivity (Wildman–Crippen MR) is 62.1 cm³/mol. The highest BCUT2D eigenvalue weighted by atomic mass is 31.1. The van der Waals surface area contributed by atoms with Crippen molar-refractivity contribution in [3.05, 3.63) is 30.3 Å². The first-order chi connectivity index (χ1) is 6.14. The lowest BCUT2D eigenvalue weighted by Gasteiger charge is -2.23. The monoisotopic (exact) mass is 195 g/mol. The molecule has 72 valence electrons. The minimum Gasteiger partial charge on any atom is -0.330 e. The fourth-order valence-electron chi connectivity index (χ4n) is 1.34. The minimum atomic E-state index is 0.357. The molecule has 13 heavy (non-hydrogen) atoms. The van der Waals surface area contributed by atoms with Crippen molar-refractivity contribution in [1.82, 2.24) is 0 Å². The molecule has 1 aromatic rings. The lowest BCUT2D eigenvalue weighted by Crippen LogP contribution is -2.21. The third kappa shape index (κ3) is 3.89. The number of hydrogen-bond acceptors (Lipinski definition) is 1. The van der Waals surface area contributed by atoms with E-state index in [0.29, 0.717) is 5.16 Å². The smallest absolute Gasteiger partial charge is 0.00688 e. The van der Waals surface area contributed by atoms with E-state index in [4.69, 9.17) is 5.73 Å². The Kier molecular flexibility index (Phi) is 3.90. The molecule has 2 N–H and O–H groups in total. The largest absolute Gasteiger partial charge is 0.330 e. The van der Waals surface area contributed by atoms with Gasteiger partial charge >= 0.3 is 0 Å². The third-order valence-corrected chi connectivity index (χ3v) is 3.57. The van der Waals surface area contributed by atoms with Gasteiger partial charge in [-0.25, -0.2) is 0 Å². The fourth-order valence-corrected chi connectivity index (χ4v) is 2.75. The van der Waals surface area contributed by atoms with Crippen molar-refractivity contribution < 1.29 is 0 Å². The van der Waals surface area contributed by atoms with Crippen LogP contribution in [0.25, 0.3) is 0 Å². The fraction of sp³-hybridized carbons (Fsp3) is 0.455. The third-order valence-electron chi connectivity index (χ3n) is 2.03. The highest BCUT2D eigenvalue weighted by Gasteiger charge is 2.16. The molecule has 0 amide bonds. The van der Waals surface area contributed by atoms with Crippen molar-refractivity contribution in [2.24, 2.45) is 5.73 Å². The molecule has 0 spiro atoms. The second-order valence-corrected chi connectivity index (χ2v) is 6.09. The van der Waals surface area contributed by atoms with Gasteiger partial charge in [-0.05, 0) is 23.4 Å². The van der Waals surface area contributed by atoms with E-state index in [1.165, 1.54) is 5.30 Å². The molecule has 0 radical (unpaired) electrons. The molecule has 0 fully saturated rings. The quantitative estimate of drug-likeness (QED) is 0.732. The van der Waals surface area contributed by atoms with Crippen LogP contribution in [0.1, 0.15) is 20.3 Å². The van der Waals surface area contributed by atoms with E-state index < -0.39 is 0 Å². The molecule has 2 heteroatoms. The average Bonchev–Trinajstić information content (AvgIpc) is 2.04. The first kappa shape index (κ1) is 10.7. The maximum atomic E-state index is 5.57. The van der Waals surface area contributed by atoms with Crippen LogP contribution in [0.4, 0.5) is 0 Å². The molecule has 0 bridgehead atoms. The standard InChI is InChI=1S/C11H18NP/c1-11(2,8-9-12)13-10-6-4-3-5-7-10/h3-7,13H,8-9,12H2,1-2H3. The van der Waals surface area contributed by atoms with Crippen molar-refractivity contribution in [3.63, 3.8) is 0 Å². The van der Waals surface area contributed by atoms with Crippen LogP contribution in [-0.2, 0) is 0 Å². The Labute approximate surface area is 82.5 Å². The van der Waals surface area contributed by atoms with Crippen LogP contribution in [0.5, 0.6) is 0 Å². The van der Waals surface area contributed by atoms with Gasteiger partial charge in [0.2, 0.25) is 0 Å². The summed E-state index contributed by atoms with van der Waals surface area (Å²) in [5.74, 6) is 0. The Bertz CT molecular complexity index is 244. The van der Waals surface area contributed by atoms with Gasteiger partial charge < -0.3 is 5.73 Å². The van der Waals surface area contributed by atoms with E-state index in [2.05, 4.69) is 44.2 Å². The summed E-state index contributed by atoms with van der Waals surface area (Å²) in [6.07, 6.45) is 1.10. The van der Waals surface area contributed by atoms with Crippen LogP contribution in [-0.4, -0.2) is 11.7 Å². The van der Waals surface area contributed by atoms with Crippen LogP contribution in [0.3, 0.4) is 0 Å². The zero-order valence-corrected chi connectivity index (χ0v) is 9.38. The highest BCUT2D eigenvalue weighted by molar-refractivity contribution is 7.48. The van der Waals surface area contributed by atoms with Crippen LogP contribution >= 0.6 is 8.58 Å². The lowest BCUT2D eigenvalue weighted by atomic mass is 10.1. The van der Waals surface area contributed by atoms with Crippen LogP contribution < -0.4 is 11.0 Å². The van der Waals surface area contributed by atoms with Gasteiger partial charge in [0, 0.05) is 0 Å². The Morgan fingerprint density at radius 2 is 1.85 bits per heavy atom. The minimum absolute atomic E-state index is 0.357. The molecule has 0 heterocycles. The van der Waals surface area contributed by atoms with Gasteiger partial charge in [-0.2, -0.15) is 0 Å². The molecular formula is C11H18NP. The van der Waals surface area contributed by atoms with Gasteiger partial charge in [-0.1, -0.05) is 52.8 Å². The SMILES string of the molecule is CC(C)(CCN)Pc1ccccc1. The van der Waals surface area contributed by atoms with Crippen molar-refractivity contribution in [2.75, 3.05) is 6.54 Å². The van der Waals surface area contributed by atoms with Gasteiger partial charge in [0.05, 0.1) is 0 Å². The molecule has 0 aliphatic rings. The molecule has 0 aliphatic carbocycles. The molecule has 0 saturated carbocycles. The Hall–Kier alpha value is -0.390. The summed E-state index contributed by atoms with van der Waals surface area (Å²) in [6.45, 7) is 5.35. The van der Waals surface area contributed by atoms with Gasteiger partial charge in [0.15, 0.2) is 0 Å². The van der Waals surface area contributed by atoms with Crippen molar-refractivity contribution in [2.45, 2.75) is 25.4 Å². The Balaban J connectivity index is 2.58. The van der Waals surface area contributed by atoms with Crippen molar-refractivity contribution >= 4 is 13.9 Å². The molecule has 0 aliphatic heterocycles. The summed E-state index contributed by atoms with van der Waals surface area (Å²) in [7, 11) is 0.858. The second kappa shape index (κ2) is 4.74. The van der Waals surface area contributed by atoms with E-state index >= 15 is 0 Å². The molecule has 1 unspecified atom stereocenters. The summed E-state index contributed by atoms with van der Waals surface area (Å²) in [6, 6.07) is 10.6. The van der Waals surface area contributed by atoms with Gasteiger partial charge in [-0.15, -0.1) is 0 Å². The van der Waals surface area contributed by atoms with E-state index in [9.17, 15) is 0 Å². The van der Waals surface area contributed by atoms with Crippen LogP contribution in [0, 0.1) is 0 Å². The molecule has 1 atom stereocenters. The zero-order chi connectivity index (χ0) is 9.73. The van der Waals surface area contributed by atoms with Gasteiger partial charge in [-0.3, -0.25) is 0 Å². The predicted octanol–water partition coefficient (Wildman–Crippen LogP) is 2.12. The molecule has 0 saturated heterocycles. The summed E-state index contributed by atoms with van der Waals surface area (Å²) in [5, 5.41) is 1.79. The summed E-state index contributed by atoms with van der Waals surface area (Å²) >= 11 is 0. The first-order valence-electron chi connectivity index (χ1n) is 4.67. The number of nitrogens with two attached hydrogens (primary N) is 1. The van der Waals surface area contributed by atoms with Crippen molar-refractivity contribution in [3.8, 4) is 0 Å². The van der Waals surface area contributed by atoms with Gasteiger partial charge in [0.1, 0.15) is 0 Å². The molecule has 0 aromatic heterocycles. The van der Waals surface area contributed by atoms with E-state index in [-0.39, 0.29) is 0 Å². The first-order valence-corrected chi connectivity index (χ1v) is 5.67. The van der Waals surface area contributed by atoms with E-state index in [0.717, 1.165) is 21.5 Å². The van der Waals surface area contributed by atoms with Crippen LogP contribution in [0.15, 0.2) is 30.3 Å². The van der Waals surface area contributed by atoms with Crippen molar-refractivity contribution in [1.29, 1.82) is 0 Å². The lowest BCUT2D eigenvalue weighted by molar-refractivity contribution is 0.646. The molecule has 1 nitrogen and oxygen atoms in total. The van der Waals surface area contributed by atoms with Crippen LogP contribution in [0.2, 0.25) is 0 Å². The Morgan fingerprint density at radius 3 is 2.38 bits per heavy atom. The Morgan fingerprint density at radius 1 is 1.23 bits per heavy atom. The summed E-state index contributed by atoms with van der Waals surface area (Å²) < 4.78 is 0. The normalized spacial score (nSPS) is 12.5. The second-order valence-electron chi connectivity index (χ2n) is 3.91. The highest BCUT2D eigenvalue weighted by Crippen LogP contribution is 2.32. The number of benzene rings is 1. The number of hydrogen-bond donors (Lipinski definition) is 1.